The Morgan fingerprint density at radius 3 is 2.46 bits per heavy atom. The molecule has 1 fully saturated rings. The van der Waals surface area contributed by atoms with Gasteiger partial charge in [0.15, 0.2) is 11.5 Å². The van der Waals surface area contributed by atoms with Crippen LogP contribution in [0.4, 0.5) is 11.4 Å². The highest BCUT2D eigenvalue weighted by molar-refractivity contribution is 5.94. The van der Waals surface area contributed by atoms with Crippen molar-refractivity contribution in [2.75, 3.05) is 38.3 Å². The smallest absolute Gasteiger partial charge is 0.253 e. The number of carbonyl (C=O) groups excluding carboxylic acids is 1. The van der Waals surface area contributed by atoms with E-state index in [1.807, 2.05) is 47.4 Å². The highest BCUT2D eigenvalue weighted by Crippen LogP contribution is 2.35. The Labute approximate surface area is 140 Å². The van der Waals surface area contributed by atoms with Gasteiger partial charge in [0, 0.05) is 49.2 Å². The fourth-order valence-electron chi connectivity index (χ4n) is 2.89. The summed E-state index contributed by atoms with van der Waals surface area (Å²) in [6.07, 6.45) is 0. The minimum atomic E-state index is 0.0890. The molecule has 2 heterocycles. The molecule has 0 radical (unpaired) electrons. The molecule has 4 rings (SSSR count). The number of hydrogen-bond acceptors (Lipinski definition) is 5. The lowest BCUT2D eigenvalue weighted by molar-refractivity contribution is 0.0736. The maximum absolute atomic E-state index is 12.4. The minimum absolute atomic E-state index is 0.0890. The molecule has 1 saturated heterocycles. The zero-order chi connectivity index (χ0) is 16.4. The van der Waals surface area contributed by atoms with Crippen LogP contribution >= 0.6 is 0 Å². The van der Waals surface area contributed by atoms with E-state index in [-0.39, 0.29) is 12.7 Å². The molecule has 2 aromatic rings. The molecular formula is C18H19N3O3. The Balaban J connectivity index is 1.44. The number of amides is 1. The molecule has 0 atom stereocenters. The third kappa shape index (κ3) is 3.00. The maximum Gasteiger partial charge on any atom is 0.253 e. The lowest BCUT2D eigenvalue weighted by Crippen LogP contribution is -2.46. The summed E-state index contributed by atoms with van der Waals surface area (Å²) in [5.74, 6) is 1.59. The van der Waals surface area contributed by atoms with E-state index < -0.39 is 0 Å². The second-order valence-electron chi connectivity index (χ2n) is 5.81. The van der Waals surface area contributed by atoms with Crippen molar-refractivity contribution < 1.29 is 14.3 Å². The lowest BCUT2D eigenvalue weighted by atomic mass is 10.1. The van der Waals surface area contributed by atoms with E-state index in [2.05, 4.69) is 10.6 Å². The summed E-state index contributed by atoms with van der Waals surface area (Å²) in [4.78, 5) is 14.3. The van der Waals surface area contributed by atoms with E-state index in [4.69, 9.17) is 9.47 Å². The second-order valence-corrected chi connectivity index (χ2v) is 5.81. The summed E-state index contributed by atoms with van der Waals surface area (Å²) in [5.41, 5.74) is 2.55. The number of nitrogens with zero attached hydrogens (tertiary/aromatic N) is 1. The first-order valence-electron chi connectivity index (χ1n) is 8.06. The highest BCUT2D eigenvalue weighted by Gasteiger charge is 2.18. The molecule has 0 spiro atoms. The van der Waals surface area contributed by atoms with Crippen LogP contribution in [0, 0.1) is 0 Å². The Morgan fingerprint density at radius 1 is 0.958 bits per heavy atom. The van der Waals surface area contributed by atoms with E-state index in [0.717, 1.165) is 49.1 Å². The molecule has 0 saturated carbocycles. The number of benzene rings is 2. The first-order valence-corrected chi connectivity index (χ1v) is 8.06. The SMILES string of the molecule is O=C(c1ccc(Nc2ccc3c(c2)OCO3)cc1)N1CCNCC1. The monoisotopic (exact) mass is 325 g/mol. The van der Waals surface area contributed by atoms with Gasteiger partial charge in [-0.15, -0.1) is 0 Å². The van der Waals surface area contributed by atoms with Crippen molar-refractivity contribution in [3.63, 3.8) is 0 Å². The molecule has 6 heteroatoms. The van der Waals surface area contributed by atoms with Gasteiger partial charge in [0.2, 0.25) is 6.79 Å². The van der Waals surface area contributed by atoms with Crippen molar-refractivity contribution in [1.82, 2.24) is 10.2 Å². The summed E-state index contributed by atoms with van der Waals surface area (Å²) in [6.45, 7) is 3.50. The number of hydrogen-bond donors (Lipinski definition) is 2. The lowest BCUT2D eigenvalue weighted by Gasteiger charge is -2.27. The Kier molecular flexibility index (Phi) is 3.96. The van der Waals surface area contributed by atoms with Gasteiger partial charge in [0.25, 0.3) is 5.91 Å². The van der Waals surface area contributed by atoms with Crippen LogP contribution in [0.1, 0.15) is 10.4 Å². The van der Waals surface area contributed by atoms with Gasteiger partial charge in [-0.25, -0.2) is 0 Å². The molecule has 2 aliphatic heterocycles. The van der Waals surface area contributed by atoms with Crippen LogP contribution in [-0.4, -0.2) is 43.8 Å². The second kappa shape index (κ2) is 6.41. The van der Waals surface area contributed by atoms with Crippen LogP contribution in [-0.2, 0) is 0 Å². The highest BCUT2D eigenvalue weighted by atomic mass is 16.7. The molecule has 1 amide bonds. The molecule has 2 aromatic carbocycles. The first kappa shape index (κ1) is 14.8. The van der Waals surface area contributed by atoms with Crippen molar-refractivity contribution in [2.24, 2.45) is 0 Å². The van der Waals surface area contributed by atoms with Gasteiger partial charge in [-0.05, 0) is 36.4 Å². The largest absolute Gasteiger partial charge is 0.454 e. The third-order valence-electron chi connectivity index (χ3n) is 4.20. The van der Waals surface area contributed by atoms with Crippen LogP contribution < -0.4 is 20.1 Å². The summed E-state index contributed by atoms with van der Waals surface area (Å²) >= 11 is 0. The molecule has 0 aliphatic carbocycles. The van der Waals surface area contributed by atoms with Crippen LogP contribution in [0.15, 0.2) is 42.5 Å². The number of rotatable bonds is 3. The average molecular weight is 325 g/mol. The fraction of sp³-hybridized carbons (Fsp3) is 0.278. The molecule has 6 nitrogen and oxygen atoms in total. The molecule has 24 heavy (non-hydrogen) atoms. The number of ether oxygens (including phenoxy) is 2. The molecular weight excluding hydrogens is 306 g/mol. The van der Waals surface area contributed by atoms with Crippen molar-refractivity contribution in [2.45, 2.75) is 0 Å². The van der Waals surface area contributed by atoms with Gasteiger partial charge >= 0.3 is 0 Å². The van der Waals surface area contributed by atoms with E-state index in [9.17, 15) is 4.79 Å². The summed E-state index contributed by atoms with van der Waals surface area (Å²) in [6, 6.07) is 13.3. The Hall–Kier alpha value is -2.73. The zero-order valence-electron chi connectivity index (χ0n) is 13.2. The van der Waals surface area contributed by atoms with Crippen molar-refractivity contribution in [3.05, 3.63) is 48.0 Å². The summed E-state index contributed by atoms with van der Waals surface area (Å²) in [7, 11) is 0. The standard InChI is InChI=1S/C18H19N3O3/c22-18(21-9-7-19-8-10-21)13-1-3-14(4-2-13)20-15-5-6-16-17(11-15)24-12-23-16/h1-6,11,19-20H,7-10,12H2. The van der Waals surface area contributed by atoms with Gasteiger partial charge in [-0.2, -0.15) is 0 Å². The molecule has 124 valence electrons. The number of anilines is 2. The van der Waals surface area contributed by atoms with Crippen LogP contribution in [0.2, 0.25) is 0 Å². The molecule has 0 aromatic heterocycles. The van der Waals surface area contributed by atoms with Crippen molar-refractivity contribution in [3.8, 4) is 11.5 Å². The first-order chi connectivity index (χ1) is 11.8. The summed E-state index contributed by atoms with van der Waals surface area (Å²) < 4.78 is 10.7. The van der Waals surface area contributed by atoms with Gasteiger partial charge in [-0.1, -0.05) is 0 Å². The Bertz CT molecular complexity index is 740. The van der Waals surface area contributed by atoms with Gasteiger partial charge in [0.1, 0.15) is 0 Å². The molecule has 0 unspecified atom stereocenters. The minimum Gasteiger partial charge on any atom is -0.454 e. The van der Waals surface area contributed by atoms with Crippen molar-refractivity contribution >= 4 is 17.3 Å². The molecule has 2 N–H and O–H groups in total. The topological polar surface area (TPSA) is 62.8 Å². The van der Waals surface area contributed by atoms with Crippen LogP contribution in [0.25, 0.3) is 0 Å². The number of piperazine rings is 1. The zero-order valence-corrected chi connectivity index (χ0v) is 13.2. The maximum atomic E-state index is 12.4. The predicted octanol–water partition coefficient (Wildman–Crippen LogP) is 2.20. The molecule has 0 bridgehead atoms. The van der Waals surface area contributed by atoms with Crippen molar-refractivity contribution in [1.29, 1.82) is 0 Å². The number of carbonyl (C=O) groups is 1. The normalized spacial score (nSPS) is 16.1. The van der Waals surface area contributed by atoms with E-state index in [1.54, 1.807) is 0 Å². The van der Waals surface area contributed by atoms with Crippen LogP contribution in [0.3, 0.4) is 0 Å². The third-order valence-corrected chi connectivity index (χ3v) is 4.20. The van der Waals surface area contributed by atoms with Crippen LogP contribution in [0.5, 0.6) is 11.5 Å². The Morgan fingerprint density at radius 2 is 1.67 bits per heavy atom. The average Bonchev–Trinajstić information content (AvgIpc) is 3.10. The van der Waals surface area contributed by atoms with Gasteiger partial charge in [0.05, 0.1) is 0 Å². The van der Waals surface area contributed by atoms with Gasteiger partial charge < -0.3 is 25.0 Å². The summed E-state index contributed by atoms with van der Waals surface area (Å²) in [5, 5.41) is 6.56. The predicted molar refractivity (Wildman–Crippen MR) is 91.1 cm³/mol. The fourth-order valence-corrected chi connectivity index (χ4v) is 2.89. The number of nitrogens with one attached hydrogen (secondary N) is 2. The van der Waals surface area contributed by atoms with E-state index in [0.29, 0.717) is 5.56 Å². The number of fused-ring (bicyclic) bond motifs is 1. The van der Waals surface area contributed by atoms with E-state index >= 15 is 0 Å². The van der Waals surface area contributed by atoms with E-state index in [1.165, 1.54) is 0 Å². The quantitative estimate of drug-likeness (QED) is 0.906. The molecule has 2 aliphatic rings. The van der Waals surface area contributed by atoms with Gasteiger partial charge in [-0.3, -0.25) is 4.79 Å².